The highest BCUT2D eigenvalue weighted by Crippen LogP contribution is 2.41. The van der Waals surface area contributed by atoms with E-state index in [1.54, 1.807) is 0 Å². The second kappa shape index (κ2) is 9.67. The number of nitrogen functional groups attached to an aromatic ring is 1. The Labute approximate surface area is 188 Å². The van der Waals surface area contributed by atoms with Gasteiger partial charge in [0.1, 0.15) is 17.1 Å². The number of thiazole rings is 1. The Balaban J connectivity index is 1.78. The monoisotopic (exact) mass is 487 g/mol. The number of hydrogen-bond acceptors (Lipinski definition) is 11. The molecule has 0 aliphatic carbocycles. The number of carboxylic acid groups (broad SMARTS) is 1. The highest BCUT2D eigenvalue weighted by Gasteiger charge is 2.53. The Morgan fingerprint density at radius 1 is 1.45 bits per heavy atom. The number of aliphatic carboxylic acids is 1. The molecule has 15 heteroatoms. The molecule has 1 saturated heterocycles. The third-order valence-corrected chi connectivity index (χ3v) is 6.50. The van der Waals surface area contributed by atoms with Crippen LogP contribution in [0.2, 0.25) is 0 Å². The molecule has 0 unspecified atom stereocenters. The minimum Gasteiger partial charge on any atom is -0.479 e. The number of carbonyl (C=O) groups is 4. The zero-order valence-electron chi connectivity index (χ0n) is 15.7. The number of aliphatic hydroxyl groups excluding tert-OH is 1. The zero-order valence-corrected chi connectivity index (χ0v) is 18.2. The first-order valence-corrected chi connectivity index (χ1v) is 11.1. The number of oxime groups is 1. The number of carbonyl (C=O) groups excluding carboxylic acids is 3. The summed E-state index contributed by atoms with van der Waals surface area (Å²) >= 11 is 6.19. The molecule has 2 amide bonds. The number of aromatic nitrogens is 1. The summed E-state index contributed by atoms with van der Waals surface area (Å²) in [5, 5.41) is 24.4. The molecule has 0 aromatic carbocycles. The van der Waals surface area contributed by atoms with Crippen LogP contribution >= 0.6 is 35.7 Å². The lowest BCUT2D eigenvalue weighted by atomic mass is 10.0. The van der Waals surface area contributed by atoms with E-state index in [4.69, 9.17) is 10.8 Å². The number of aliphatic hydroxyl groups is 1. The minimum atomic E-state index is -1.29. The molecule has 1 aromatic rings. The third-order valence-electron chi connectivity index (χ3n) is 4.27. The van der Waals surface area contributed by atoms with Crippen molar-refractivity contribution in [1.82, 2.24) is 15.2 Å². The van der Waals surface area contributed by atoms with Gasteiger partial charge in [-0.2, -0.15) is 0 Å². The summed E-state index contributed by atoms with van der Waals surface area (Å²) in [7, 11) is 0. The largest absolute Gasteiger partial charge is 0.479 e. The van der Waals surface area contributed by atoms with Gasteiger partial charge in [0.25, 0.3) is 11.8 Å². The fourth-order valence-electron chi connectivity index (χ4n) is 2.97. The number of amides is 2. The van der Waals surface area contributed by atoms with Crippen LogP contribution in [0.5, 0.6) is 0 Å². The Bertz CT molecular complexity index is 992. The third kappa shape index (κ3) is 4.84. The van der Waals surface area contributed by atoms with Crippen LogP contribution < -0.4 is 11.1 Å². The lowest BCUT2D eigenvalue weighted by Gasteiger charge is -2.49. The second-order valence-corrected chi connectivity index (χ2v) is 8.67. The number of anilines is 1. The Morgan fingerprint density at radius 2 is 2.19 bits per heavy atom. The molecule has 0 radical (unpaired) electrons. The van der Waals surface area contributed by atoms with Crippen LogP contribution in [-0.2, 0) is 24.0 Å². The molecule has 0 saturated carbocycles. The number of hydrogen-bond donors (Lipinski definition) is 5. The first-order chi connectivity index (χ1) is 14.7. The van der Waals surface area contributed by atoms with Crippen molar-refractivity contribution in [1.29, 1.82) is 0 Å². The van der Waals surface area contributed by atoms with Crippen LogP contribution in [0, 0.1) is 0 Å². The average Bonchev–Trinajstić information content (AvgIpc) is 3.14. The summed E-state index contributed by atoms with van der Waals surface area (Å²) in [4.78, 5) is 57.9. The quantitative estimate of drug-likeness (QED) is 0.126. The fraction of sp³-hybridized carbons (Fsp3) is 0.375. The van der Waals surface area contributed by atoms with Gasteiger partial charge in [-0.1, -0.05) is 17.8 Å². The molecule has 3 rings (SSSR count). The molecule has 2 aliphatic rings. The van der Waals surface area contributed by atoms with Crippen LogP contribution in [0.4, 0.5) is 5.13 Å². The van der Waals surface area contributed by atoms with E-state index in [1.165, 1.54) is 22.0 Å². The van der Waals surface area contributed by atoms with Gasteiger partial charge >= 0.3 is 5.97 Å². The van der Waals surface area contributed by atoms with Crippen molar-refractivity contribution < 1.29 is 34.2 Å². The van der Waals surface area contributed by atoms with Crippen LogP contribution in [0.15, 0.2) is 21.8 Å². The summed E-state index contributed by atoms with van der Waals surface area (Å²) in [5.74, 6) is -2.26. The van der Waals surface area contributed by atoms with Crippen LogP contribution in [-0.4, -0.2) is 79.1 Å². The molecule has 0 spiro atoms. The van der Waals surface area contributed by atoms with E-state index in [2.05, 4.69) is 32.9 Å². The molecular formula is C16H17N5O7S3. The van der Waals surface area contributed by atoms with Gasteiger partial charge in [0.2, 0.25) is 11.7 Å². The molecule has 3 heterocycles. The number of thiol groups is 1. The molecule has 31 heavy (non-hydrogen) atoms. The summed E-state index contributed by atoms with van der Waals surface area (Å²) in [5.41, 5.74) is 6.01. The first-order valence-electron chi connectivity index (χ1n) is 8.69. The lowest BCUT2D eigenvalue weighted by Crippen LogP contribution is -2.70. The van der Waals surface area contributed by atoms with E-state index in [-0.39, 0.29) is 35.3 Å². The second-order valence-electron chi connectivity index (χ2n) is 6.27. The highest BCUT2D eigenvalue weighted by atomic mass is 32.2. The maximum Gasteiger partial charge on any atom is 0.344 e. The van der Waals surface area contributed by atoms with Gasteiger partial charge in [-0.3, -0.25) is 19.3 Å². The normalized spacial score (nSPS) is 20.8. The number of nitrogens with zero attached hydrogens (tertiary/aromatic N) is 3. The molecule has 2 atom stereocenters. The van der Waals surface area contributed by atoms with Crippen molar-refractivity contribution in [3.63, 3.8) is 0 Å². The van der Waals surface area contributed by atoms with Crippen LogP contribution in [0.25, 0.3) is 0 Å². The van der Waals surface area contributed by atoms with E-state index in [0.717, 1.165) is 11.3 Å². The summed E-state index contributed by atoms with van der Waals surface area (Å²) < 4.78 is 0. The van der Waals surface area contributed by atoms with Crippen molar-refractivity contribution >= 4 is 69.5 Å². The number of fused-ring (bicyclic) bond motifs is 1. The Kier molecular flexibility index (Phi) is 7.19. The van der Waals surface area contributed by atoms with E-state index in [0.29, 0.717) is 11.3 Å². The lowest BCUT2D eigenvalue weighted by molar-refractivity contribution is -0.146. The molecule has 12 nitrogen and oxygen atoms in total. The molecule has 1 aromatic heterocycles. The number of β-lactam (4-membered cyclic amide) rings is 1. The van der Waals surface area contributed by atoms with Crippen LogP contribution in [0.3, 0.4) is 0 Å². The van der Waals surface area contributed by atoms with Gasteiger partial charge in [0.15, 0.2) is 10.8 Å². The smallest absolute Gasteiger partial charge is 0.344 e. The zero-order chi connectivity index (χ0) is 22.7. The maximum absolute atomic E-state index is 12.8. The number of nitrogens with two attached hydrogens (primary N) is 1. The molecule has 0 bridgehead atoms. The number of thioether (sulfide) groups is 1. The van der Waals surface area contributed by atoms with E-state index >= 15 is 0 Å². The van der Waals surface area contributed by atoms with Crippen molar-refractivity contribution in [2.24, 2.45) is 5.16 Å². The minimum absolute atomic E-state index is 0.0571. The summed E-state index contributed by atoms with van der Waals surface area (Å²) in [6.07, 6.45) is 0.227. The topological polar surface area (TPSA) is 185 Å². The SMILES string of the molecule is Nc1nc(/C(=N\OCC(=O)O)C(=O)N[C@@H]2C(=O)N3C(C(=O)S)=C(CCO)CS[C@H]23)cs1. The Hall–Kier alpha value is -2.62. The molecule has 2 aliphatic heterocycles. The van der Waals surface area contributed by atoms with Gasteiger partial charge < -0.3 is 26.1 Å². The molecule has 5 N–H and O–H groups in total. The van der Waals surface area contributed by atoms with E-state index in [1.807, 2.05) is 0 Å². The fourth-order valence-corrected chi connectivity index (χ4v) is 5.17. The number of nitrogens with one attached hydrogen (secondary N) is 1. The summed E-state index contributed by atoms with van der Waals surface area (Å²) in [6.45, 7) is -0.961. The Morgan fingerprint density at radius 3 is 2.77 bits per heavy atom. The predicted octanol–water partition coefficient (Wildman–Crippen LogP) is -0.977. The predicted molar refractivity (Wildman–Crippen MR) is 114 cm³/mol. The van der Waals surface area contributed by atoms with Gasteiger partial charge in [-0.05, 0) is 12.0 Å². The molecule has 166 valence electrons. The van der Waals surface area contributed by atoms with Crippen molar-refractivity contribution in [2.45, 2.75) is 17.8 Å². The molecule has 1 fully saturated rings. The van der Waals surface area contributed by atoms with Crippen LogP contribution in [0.1, 0.15) is 12.1 Å². The highest BCUT2D eigenvalue weighted by molar-refractivity contribution is 8.00. The van der Waals surface area contributed by atoms with Crippen molar-refractivity contribution in [2.75, 3.05) is 24.7 Å². The van der Waals surface area contributed by atoms with Crippen molar-refractivity contribution in [3.8, 4) is 0 Å². The van der Waals surface area contributed by atoms with Crippen molar-refractivity contribution in [3.05, 3.63) is 22.3 Å². The van der Waals surface area contributed by atoms with Gasteiger partial charge in [0.05, 0.1) is 5.70 Å². The van der Waals surface area contributed by atoms with Gasteiger partial charge in [-0.25, -0.2) is 9.78 Å². The standard InChI is InChI=1S/C16H17N5O7S3/c17-16-18-7(5-31-16)9(20-28-3-8(23)24)12(25)19-10-13(26)21-11(15(27)29)6(1-2-22)4-30-14(10)21/h5,10,14,22H,1-4H2,(H2,17,18)(H,19,25)(H,23,24)(H,27,29)/b20-9+/t10-,14-/m1/s1. The first kappa shape index (κ1) is 23.1. The number of rotatable bonds is 9. The van der Waals surface area contributed by atoms with Gasteiger partial charge in [-0.15, -0.1) is 23.1 Å². The maximum atomic E-state index is 12.8. The molecular weight excluding hydrogens is 470 g/mol. The van der Waals surface area contributed by atoms with E-state index in [9.17, 15) is 24.3 Å². The number of carboxylic acids is 1. The van der Waals surface area contributed by atoms with E-state index < -0.39 is 40.9 Å². The average molecular weight is 488 g/mol. The summed E-state index contributed by atoms with van der Waals surface area (Å²) in [6, 6.07) is -0.962. The van der Waals surface area contributed by atoms with Gasteiger partial charge in [0, 0.05) is 17.7 Å².